The van der Waals surface area contributed by atoms with Crippen LogP contribution in [0, 0.1) is 26.7 Å². The van der Waals surface area contributed by atoms with Gasteiger partial charge in [0.25, 0.3) is 5.56 Å². The molecule has 26 heavy (non-hydrogen) atoms. The van der Waals surface area contributed by atoms with Gasteiger partial charge in [-0.3, -0.25) is 9.59 Å². The molecule has 140 valence electrons. The van der Waals surface area contributed by atoms with Crippen LogP contribution in [0.25, 0.3) is 0 Å². The van der Waals surface area contributed by atoms with Crippen LogP contribution >= 0.6 is 0 Å². The number of nitrogens with zero attached hydrogens (tertiary/aromatic N) is 5. The van der Waals surface area contributed by atoms with Crippen molar-refractivity contribution in [3.05, 3.63) is 39.6 Å². The number of hydrogen-bond donors (Lipinski definition) is 1. The third kappa shape index (κ3) is 4.00. The molecule has 1 atom stereocenters. The van der Waals surface area contributed by atoms with Gasteiger partial charge in [-0.05, 0) is 33.6 Å². The fraction of sp³-hybridized carbons (Fsp3) is 0.611. The highest BCUT2D eigenvalue weighted by Gasteiger charge is 2.28. The predicted octanol–water partition coefficient (Wildman–Crippen LogP) is 1.33. The average molecular weight is 358 g/mol. The molecule has 8 nitrogen and oxygen atoms in total. The van der Waals surface area contributed by atoms with Crippen molar-refractivity contribution in [3.63, 3.8) is 0 Å². The maximum Gasteiger partial charge on any atom is 0.251 e. The number of piperidine rings is 1. The smallest absolute Gasteiger partial charge is 0.251 e. The zero-order chi connectivity index (χ0) is 18.8. The molecule has 3 rings (SSSR count). The highest BCUT2D eigenvalue weighted by atomic mass is 16.2. The van der Waals surface area contributed by atoms with Crippen LogP contribution < -0.4 is 5.56 Å². The van der Waals surface area contributed by atoms with Crippen molar-refractivity contribution >= 4 is 5.91 Å². The molecule has 2 aromatic heterocycles. The lowest BCUT2D eigenvalue weighted by Crippen LogP contribution is -2.42. The number of aryl methyl sites for hydroxylation is 3. The van der Waals surface area contributed by atoms with Crippen molar-refractivity contribution in [1.29, 1.82) is 0 Å². The number of nitrogens with one attached hydrogen (secondary N) is 1. The molecule has 0 bridgehead atoms. The Balaban J connectivity index is 1.59. The van der Waals surface area contributed by atoms with Crippen molar-refractivity contribution in [2.75, 3.05) is 13.1 Å². The molecule has 0 unspecified atom stereocenters. The molecule has 1 aliphatic rings. The maximum atomic E-state index is 12.8. The number of aromatic amines is 1. The van der Waals surface area contributed by atoms with Gasteiger partial charge in [0.15, 0.2) is 0 Å². The molecule has 1 N–H and O–H groups in total. The largest absolute Gasteiger partial charge is 0.342 e. The van der Waals surface area contributed by atoms with Crippen molar-refractivity contribution < 1.29 is 4.79 Å². The Hall–Kier alpha value is -2.51. The minimum atomic E-state index is -0.147. The van der Waals surface area contributed by atoms with Gasteiger partial charge >= 0.3 is 0 Å². The summed E-state index contributed by atoms with van der Waals surface area (Å²) in [5, 5.41) is 4.34. The molecule has 1 aliphatic heterocycles. The van der Waals surface area contributed by atoms with E-state index in [0.717, 1.165) is 30.2 Å². The molecule has 2 aromatic rings. The van der Waals surface area contributed by atoms with Gasteiger partial charge in [0, 0.05) is 25.1 Å². The summed E-state index contributed by atoms with van der Waals surface area (Å²) in [6, 6.07) is 1.58. The number of hydrogen-bond acceptors (Lipinski definition) is 5. The molecule has 1 fully saturated rings. The molecule has 1 saturated heterocycles. The van der Waals surface area contributed by atoms with Crippen molar-refractivity contribution in [3.8, 4) is 0 Å². The van der Waals surface area contributed by atoms with Gasteiger partial charge < -0.3 is 9.88 Å². The van der Waals surface area contributed by atoms with E-state index in [9.17, 15) is 9.59 Å². The first-order valence-electron chi connectivity index (χ1n) is 9.08. The van der Waals surface area contributed by atoms with Gasteiger partial charge in [0.1, 0.15) is 17.5 Å². The van der Waals surface area contributed by atoms with Gasteiger partial charge in [0.05, 0.1) is 18.2 Å². The van der Waals surface area contributed by atoms with Gasteiger partial charge in [0.2, 0.25) is 5.91 Å². The maximum absolute atomic E-state index is 12.8. The lowest BCUT2D eigenvalue weighted by atomic mass is 9.92. The monoisotopic (exact) mass is 358 g/mol. The Kier molecular flexibility index (Phi) is 5.20. The summed E-state index contributed by atoms with van der Waals surface area (Å²) in [5.74, 6) is 2.42. The topological polar surface area (TPSA) is 96.8 Å². The first kappa shape index (κ1) is 18.3. The second-order valence-electron chi connectivity index (χ2n) is 7.14. The van der Waals surface area contributed by atoms with Crippen LogP contribution in [0.4, 0.5) is 0 Å². The average Bonchev–Trinajstić information content (AvgIpc) is 2.90. The van der Waals surface area contributed by atoms with Crippen LogP contribution in [0.5, 0.6) is 0 Å². The molecular weight excluding hydrogens is 332 g/mol. The highest BCUT2D eigenvalue weighted by molar-refractivity contribution is 5.78. The van der Waals surface area contributed by atoms with E-state index in [0.29, 0.717) is 25.5 Å². The molecular formula is C18H26N6O2. The third-order valence-corrected chi connectivity index (χ3v) is 4.94. The molecule has 8 heteroatoms. The summed E-state index contributed by atoms with van der Waals surface area (Å²) in [4.78, 5) is 37.7. The standard InChI is InChI=1S/C18H26N6O2/c1-11(10-24-14(4)19-13(3)22-24)18(26)23-7-5-15(6-8-23)16-9-17(25)21-12(2)20-16/h9,11,15H,5-8,10H2,1-4H3,(H,20,21,25)/t11-/m1/s1. The summed E-state index contributed by atoms with van der Waals surface area (Å²) in [5.41, 5.74) is 0.721. The van der Waals surface area contributed by atoms with Gasteiger partial charge in [-0.15, -0.1) is 0 Å². The summed E-state index contributed by atoms with van der Waals surface area (Å²) in [6.45, 7) is 9.41. The van der Waals surface area contributed by atoms with Crippen molar-refractivity contribution in [1.82, 2.24) is 29.6 Å². The van der Waals surface area contributed by atoms with Crippen molar-refractivity contribution in [2.45, 2.75) is 53.0 Å². The van der Waals surface area contributed by atoms with Crippen LogP contribution in [0.15, 0.2) is 10.9 Å². The van der Waals surface area contributed by atoms with E-state index in [1.165, 1.54) is 0 Å². The van der Waals surface area contributed by atoms with E-state index in [4.69, 9.17) is 0 Å². The Morgan fingerprint density at radius 1 is 1.27 bits per heavy atom. The molecule has 0 saturated carbocycles. The van der Waals surface area contributed by atoms with Crippen LogP contribution in [0.1, 0.15) is 48.9 Å². The number of rotatable bonds is 4. The van der Waals surface area contributed by atoms with Gasteiger partial charge in [-0.25, -0.2) is 14.6 Å². The Morgan fingerprint density at radius 3 is 2.54 bits per heavy atom. The molecule has 0 radical (unpaired) electrons. The lowest BCUT2D eigenvalue weighted by Gasteiger charge is -2.33. The van der Waals surface area contributed by atoms with Crippen LogP contribution in [-0.4, -0.2) is 48.6 Å². The summed E-state index contributed by atoms with van der Waals surface area (Å²) < 4.78 is 1.80. The SMILES string of the molecule is Cc1nc(C)n(C[C@@H](C)C(=O)N2CCC(c3cc(=O)[nH]c(C)n3)CC2)n1. The normalized spacial score (nSPS) is 16.7. The first-order chi connectivity index (χ1) is 12.3. The molecule has 0 aliphatic carbocycles. The zero-order valence-electron chi connectivity index (χ0n) is 15.8. The van der Waals surface area contributed by atoms with E-state index in [-0.39, 0.29) is 23.3 Å². The Bertz CT molecular complexity index is 848. The minimum Gasteiger partial charge on any atom is -0.342 e. The zero-order valence-corrected chi connectivity index (χ0v) is 15.8. The minimum absolute atomic E-state index is 0.113. The number of amides is 1. The molecule has 3 heterocycles. The van der Waals surface area contributed by atoms with Crippen molar-refractivity contribution in [2.24, 2.45) is 5.92 Å². The third-order valence-electron chi connectivity index (χ3n) is 4.94. The van der Waals surface area contributed by atoms with E-state index in [2.05, 4.69) is 20.1 Å². The molecule has 0 spiro atoms. The van der Waals surface area contributed by atoms with Crippen LogP contribution in [-0.2, 0) is 11.3 Å². The van der Waals surface area contributed by atoms with Gasteiger partial charge in [-0.1, -0.05) is 6.92 Å². The number of carbonyl (C=O) groups excluding carboxylic acids is 1. The number of aromatic nitrogens is 5. The van der Waals surface area contributed by atoms with E-state index in [1.54, 1.807) is 17.7 Å². The summed E-state index contributed by atoms with van der Waals surface area (Å²) in [7, 11) is 0. The second-order valence-corrected chi connectivity index (χ2v) is 7.14. The molecule has 0 aromatic carbocycles. The van der Waals surface area contributed by atoms with E-state index >= 15 is 0 Å². The van der Waals surface area contributed by atoms with E-state index < -0.39 is 0 Å². The fourth-order valence-corrected chi connectivity index (χ4v) is 3.59. The Morgan fingerprint density at radius 2 is 1.96 bits per heavy atom. The predicted molar refractivity (Wildman–Crippen MR) is 96.8 cm³/mol. The van der Waals surface area contributed by atoms with Gasteiger partial charge in [-0.2, -0.15) is 5.10 Å². The Labute approximate surface area is 152 Å². The highest BCUT2D eigenvalue weighted by Crippen LogP contribution is 2.26. The number of likely N-dealkylation sites (tertiary alicyclic amines) is 1. The lowest BCUT2D eigenvalue weighted by molar-refractivity contribution is -0.136. The number of carbonyl (C=O) groups is 1. The quantitative estimate of drug-likeness (QED) is 0.889. The summed E-state index contributed by atoms with van der Waals surface area (Å²) in [6.07, 6.45) is 1.66. The fourth-order valence-electron chi connectivity index (χ4n) is 3.59. The first-order valence-corrected chi connectivity index (χ1v) is 9.08. The number of H-pyrrole nitrogens is 1. The second kappa shape index (κ2) is 7.39. The van der Waals surface area contributed by atoms with E-state index in [1.807, 2.05) is 25.7 Å². The summed E-state index contributed by atoms with van der Waals surface area (Å²) >= 11 is 0. The van der Waals surface area contributed by atoms with Crippen LogP contribution in [0.3, 0.4) is 0 Å². The van der Waals surface area contributed by atoms with Crippen LogP contribution in [0.2, 0.25) is 0 Å². The molecule has 1 amide bonds.